The van der Waals surface area contributed by atoms with E-state index in [1.165, 1.54) is 20.9 Å². The Balaban J connectivity index is 1.31. The molecule has 6 aromatic carbocycles. The summed E-state index contributed by atoms with van der Waals surface area (Å²) in [5.74, 6) is 1.97. The van der Waals surface area contributed by atoms with E-state index in [9.17, 15) is 0 Å². The number of nitrogens with zero attached hydrogens (tertiary/aromatic N) is 4. The topological polar surface area (TPSA) is 51.6 Å². The van der Waals surface area contributed by atoms with Crippen molar-refractivity contribution in [2.24, 2.45) is 0 Å². The summed E-state index contributed by atoms with van der Waals surface area (Å²) in [6, 6.07) is 45.7. The molecule has 8 aromatic rings. The van der Waals surface area contributed by atoms with Crippen molar-refractivity contribution in [2.75, 3.05) is 0 Å². The highest BCUT2D eigenvalue weighted by Gasteiger charge is 2.15. The third kappa shape index (κ3) is 4.24. The van der Waals surface area contributed by atoms with Crippen LogP contribution in [0.15, 0.2) is 133 Å². The lowest BCUT2D eigenvalue weighted by molar-refractivity contribution is 1.07. The van der Waals surface area contributed by atoms with Gasteiger partial charge in [0.2, 0.25) is 0 Å². The molecule has 0 bridgehead atoms. The Bertz CT molecular complexity index is 2130. The molecule has 0 radical (unpaired) electrons. The van der Waals surface area contributed by atoms with Gasteiger partial charge in [-0.15, -0.1) is 11.3 Å². The first-order valence-corrected chi connectivity index (χ1v) is 14.3. The lowest BCUT2D eigenvalue weighted by Gasteiger charge is -2.10. The van der Waals surface area contributed by atoms with E-state index in [4.69, 9.17) is 19.9 Å². The van der Waals surface area contributed by atoms with E-state index >= 15 is 0 Å². The van der Waals surface area contributed by atoms with Crippen molar-refractivity contribution in [1.29, 1.82) is 0 Å². The molecule has 0 unspecified atom stereocenters. The van der Waals surface area contributed by atoms with Crippen LogP contribution in [0.5, 0.6) is 0 Å². The van der Waals surface area contributed by atoms with Crippen LogP contribution in [0.25, 0.3) is 76.5 Å². The van der Waals surface area contributed by atoms with Gasteiger partial charge < -0.3 is 0 Å². The zero-order valence-electron chi connectivity index (χ0n) is 21.9. The molecule has 192 valence electrons. The molecule has 0 aliphatic rings. The lowest BCUT2D eigenvalue weighted by atomic mass is 9.99. The van der Waals surface area contributed by atoms with Crippen molar-refractivity contribution >= 4 is 43.1 Å². The molecule has 0 amide bonds. The van der Waals surface area contributed by atoms with Crippen molar-refractivity contribution in [3.63, 3.8) is 0 Å². The SMILES string of the molecule is c1ccc(-c2nc(-c3ccccc3)nc(-c3ccc4c(ccc5ccc6nc(-c7ccccc7)sc6c54)c3)n2)cc1. The van der Waals surface area contributed by atoms with Gasteiger partial charge in [-0.2, -0.15) is 0 Å². The van der Waals surface area contributed by atoms with E-state index in [0.29, 0.717) is 17.5 Å². The van der Waals surface area contributed by atoms with E-state index in [0.717, 1.165) is 38.2 Å². The minimum atomic E-state index is 0.655. The second-order valence-corrected chi connectivity index (χ2v) is 10.9. The summed E-state index contributed by atoms with van der Waals surface area (Å²) in [6.07, 6.45) is 0. The number of thiazole rings is 1. The lowest BCUT2D eigenvalue weighted by Crippen LogP contribution is -2.00. The molecule has 8 rings (SSSR count). The van der Waals surface area contributed by atoms with Crippen molar-refractivity contribution in [3.8, 4) is 44.7 Å². The number of hydrogen-bond acceptors (Lipinski definition) is 5. The molecule has 2 aromatic heterocycles. The van der Waals surface area contributed by atoms with Crippen molar-refractivity contribution in [2.45, 2.75) is 0 Å². The maximum Gasteiger partial charge on any atom is 0.164 e. The number of rotatable bonds is 4. The molecule has 0 N–H and O–H groups in total. The first-order valence-electron chi connectivity index (χ1n) is 13.5. The second kappa shape index (κ2) is 9.73. The molecule has 0 spiro atoms. The maximum absolute atomic E-state index is 4.97. The Morgan fingerprint density at radius 2 is 0.951 bits per heavy atom. The summed E-state index contributed by atoms with van der Waals surface area (Å²) >= 11 is 1.75. The van der Waals surface area contributed by atoms with Gasteiger partial charge >= 0.3 is 0 Å². The van der Waals surface area contributed by atoms with Gasteiger partial charge in [0, 0.05) is 27.6 Å². The normalized spacial score (nSPS) is 11.4. The Hall–Kier alpha value is -5.26. The summed E-state index contributed by atoms with van der Waals surface area (Å²) in [5.41, 5.74) is 5.04. The first kappa shape index (κ1) is 23.6. The number of benzene rings is 6. The van der Waals surface area contributed by atoms with Gasteiger partial charge in [0.05, 0.1) is 10.2 Å². The number of aromatic nitrogens is 4. The number of hydrogen-bond donors (Lipinski definition) is 0. The molecule has 2 heterocycles. The van der Waals surface area contributed by atoms with E-state index in [1.807, 2.05) is 66.7 Å². The third-order valence-corrected chi connectivity index (χ3v) is 8.47. The largest absolute Gasteiger partial charge is 0.236 e. The Morgan fingerprint density at radius 1 is 0.415 bits per heavy atom. The minimum absolute atomic E-state index is 0.655. The van der Waals surface area contributed by atoms with Crippen molar-refractivity contribution in [3.05, 3.63) is 133 Å². The van der Waals surface area contributed by atoms with Crippen LogP contribution in [0.3, 0.4) is 0 Å². The molecule has 0 saturated carbocycles. The van der Waals surface area contributed by atoms with Crippen LogP contribution in [0, 0.1) is 0 Å². The zero-order chi connectivity index (χ0) is 27.2. The standard InChI is InChI=1S/C36H22N4S/c1-4-10-24(11-5-1)33-38-34(25-12-6-2-7-13-25)40-35(39-33)28-18-20-29-27(22-28)17-16-23-19-21-30-32(31(23)29)41-36(37-30)26-14-8-3-9-15-26/h1-22H. The minimum Gasteiger partial charge on any atom is -0.236 e. The van der Waals surface area contributed by atoms with E-state index in [2.05, 4.69) is 66.7 Å². The van der Waals surface area contributed by atoms with Gasteiger partial charge in [-0.1, -0.05) is 121 Å². The predicted octanol–water partition coefficient (Wildman–Crippen LogP) is 9.46. The van der Waals surface area contributed by atoms with Gasteiger partial charge in [0.25, 0.3) is 0 Å². The molecule has 5 heteroatoms. The average molecular weight is 543 g/mol. The molecule has 0 atom stereocenters. The van der Waals surface area contributed by atoms with Gasteiger partial charge in [-0.25, -0.2) is 19.9 Å². The molecular weight excluding hydrogens is 520 g/mol. The first-order chi connectivity index (χ1) is 20.3. The van der Waals surface area contributed by atoms with Gasteiger partial charge in [0.1, 0.15) is 5.01 Å². The van der Waals surface area contributed by atoms with Crippen LogP contribution in [0.1, 0.15) is 0 Å². The molecule has 0 saturated heterocycles. The van der Waals surface area contributed by atoms with E-state index in [1.54, 1.807) is 11.3 Å². The van der Waals surface area contributed by atoms with Crippen LogP contribution < -0.4 is 0 Å². The highest BCUT2D eigenvalue weighted by atomic mass is 32.1. The fourth-order valence-electron chi connectivity index (χ4n) is 5.31. The third-order valence-electron chi connectivity index (χ3n) is 7.33. The highest BCUT2D eigenvalue weighted by Crippen LogP contribution is 2.39. The van der Waals surface area contributed by atoms with Crippen LogP contribution >= 0.6 is 11.3 Å². The molecule has 4 nitrogen and oxygen atoms in total. The molecule has 41 heavy (non-hydrogen) atoms. The molecule has 0 fully saturated rings. The zero-order valence-corrected chi connectivity index (χ0v) is 22.7. The van der Waals surface area contributed by atoms with Crippen LogP contribution in [0.2, 0.25) is 0 Å². The fourth-order valence-corrected chi connectivity index (χ4v) is 6.45. The van der Waals surface area contributed by atoms with Crippen LogP contribution in [-0.4, -0.2) is 19.9 Å². The Kier molecular flexibility index (Phi) is 5.61. The fraction of sp³-hybridized carbons (Fsp3) is 0. The van der Waals surface area contributed by atoms with Crippen molar-refractivity contribution in [1.82, 2.24) is 19.9 Å². The molecule has 0 aliphatic carbocycles. The van der Waals surface area contributed by atoms with E-state index < -0.39 is 0 Å². The predicted molar refractivity (Wildman–Crippen MR) is 170 cm³/mol. The summed E-state index contributed by atoms with van der Waals surface area (Å²) in [5, 5.41) is 5.81. The highest BCUT2D eigenvalue weighted by molar-refractivity contribution is 7.22. The maximum atomic E-state index is 4.97. The second-order valence-electron chi connectivity index (χ2n) is 9.94. The monoisotopic (exact) mass is 542 g/mol. The van der Waals surface area contributed by atoms with Gasteiger partial charge in [-0.05, 0) is 28.3 Å². The molecule has 0 aliphatic heterocycles. The smallest absolute Gasteiger partial charge is 0.164 e. The van der Waals surface area contributed by atoms with Crippen molar-refractivity contribution < 1.29 is 0 Å². The Labute approximate surface area is 240 Å². The summed E-state index contributed by atoms with van der Waals surface area (Å²) in [7, 11) is 0. The number of fused-ring (bicyclic) bond motifs is 5. The molecular formula is C36H22N4S. The van der Waals surface area contributed by atoms with E-state index in [-0.39, 0.29) is 0 Å². The quantitative estimate of drug-likeness (QED) is 0.208. The summed E-state index contributed by atoms with van der Waals surface area (Å²) in [6.45, 7) is 0. The van der Waals surface area contributed by atoms with Crippen LogP contribution in [0.4, 0.5) is 0 Å². The van der Waals surface area contributed by atoms with Crippen LogP contribution in [-0.2, 0) is 0 Å². The van der Waals surface area contributed by atoms with Gasteiger partial charge in [0.15, 0.2) is 17.5 Å². The van der Waals surface area contributed by atoms with Gasteiger partial charge in [-0.3, -0.25) is 0 Å². The summed E-state index contributed by atoms with van der Waals surface area (Å²) in [4.78, 5) is 19.7. The Morgan fingerprint density at radius 3 is 1.59 bits per heavy atom. The summed E-state index contributed by atoms with van der Waals surface area (Å²) < 4.78 is 1.21. The average Bonchev–Trinajstić information content (AvgIpc) is 3.50.